The molecular weight excluding hydrogens is 338 g/mol. The molecule has 0 radical (unpaired) electrons. The third-order valence-corrected chi connectivity index (χ3v) is 4.14. The van der Waals surface area contributed by atoms with Crippen molar-refractivity contribution in [3.05, 3.63) is 65.7 Å². The molecule has 0 saturated carbocycles. The second kappa shape index (κ2) is 7.76. The Labute approximate surface area is 148 Å². The molecule has 0 fully saturated rings. The predicted octanol–water partition coefficient (Wildman–Crippen LogP) is 3.09. The van der Waals surface area contributed by atoms with E-state index in [4.69, 9.17) is 4.42 Å². The Hall–Kier alpha value is -2.93. The lowest BCUT2D eigenvalue weighted by atomic mass is 10.1. The fourth-order valence-electron chi connectivity index (χ4n) is 2.03. The van der Waals surface area contributed by atoms with Crippen LogP contribution in [0.5, 0.6) is 0 Å². The molecule has 126 valence electrons. The molecule has 7 heteroatoms. The van der Waals surface area contributed by atoms with Crippen LogP contribution in [-0.4, -0.2) is 27.8 Å². The molecule has 0 saturated heterocycles. The van der Waals surface area contributed by atoms with Crippen molar-refractivity contribution in [1.82, 2.24) is 15.5 Å². The summed E-state index contributed by atoms with van der Waals surface area (Å²) in [7, 11) is 0. The van der Waals surface area contributed by atoms with Crippen LogP contribution in [0, 0.1) is 6.92 Å². The van der Waals surface area contributed by atoms with E-state index in [1.54, 1.807) is 30.3 Å². The molecule has 0 aliphatic rings. The summed E-state index contributed by atoms with van der Waals surface area (Å²) < 4.78 is 5.53. The predicted molar refractivity (Wildman–Crippen MR) is 94.1 cm³/mol. The van der Waals surface area contributed by atoms with Crippen LogP contribution >= 0.6 is 11.8 Å². The van der Waals surface area contributed by atoms with Crippen LogP contribution in [0.25, 0.3) is 11.5 Å². The van der Waals surface area contributed by atoms with Crippen molar-refractivity contribution < 1.29 is 14.0 Å². The van der Waals surface area contributed by atoms with Crippen molar-refractivity contribution in [2.45, 2.75) is 12.1 Å². The Morgan fingerprint density at radius 3 is 2.48 bits per heavy atom. The Bertz CT molecular complexity index is 876. The average molecular weight is 353 g/mol. The largest absolute Gasteiger partial charge is 0.411 e. The van der Waals surface area contributed by atoms with Gasteiger partial charge in [0.1, 0.15) is 0 Å². The van der Waals surface area contributed by atoms with Gasteiger partial charge in [-0.15, -0.1) is 10.2 Å². The van der Waals surface area contributed by atoms with Crippen LogP contribution < -0.4 is 5.32 Å². The first-order valence-electron chi connectivity index (χ1n) is 7.54. The Balaban J connectivity index is 1.54. The summed E-state index contributed by atoms with van der Waals surface area (Å²) in [6, 6.07) is 16.2. The highest BCUT2D eigenvalue weighted by molar-refractivity contribution is 7.99. The minimum absolute atomic E-state index is 0.00804. The Morgan fingerprint density at radius 2 is 1.76 bits per heavy atom. The van der Waals surface area contributed by atoms with Crippen molar-refractivity contribution >= 4 is 23.6 Å². The van der Waals surface area contributed by atoms with Gasteiger partial charge in [0.05, 0.1) is 5.75 Å². The molecule has 0 atom stereocenters. The van der Waals surface area contributed by atoms with Gasteiger partial charge in [0, 0.05) is 11.1 Å². The van der Waals surface area contributed by atoms with Crippen LogP contribution in [0.2, 0.25) is 0 Å². The lowest BCUT2D eigenvalue weighted by Gasteiger charge is -2.02. The summed E-state index contributed by atoms with van der Waals surface area (Å²) in [5, 5.41) is 10.5. The number of amides is 2. The van der Waals surface area contributed by atoms with Crippen molar-refractivity contribution in [3.8, 4) is 11.5 Å². The maximum Gasteiger partial charge on any atom is 0.277 e. The van der Waals surface area contributed by atoms with Crippen molar-refractivity contribution in [2.75, 3.05) is 5.75 Å². The third kappa shape index (κ3) is 4.54. The summed E-state index contributed by atoms with van der Waals surface area (Å²) >= 11 is 1.08. The molecule has 0 bridgehead atoms. The zero-order valence-corrected chi connectivity index (χ0v) is 14.2. The number of nitrogens with one attached hydrogen (secondary N) is 1. The molecule has 0 unspecified atom stereocenters. The van der Waals surface area contributed by atoms with E-state index in [9.17, 15) is 9.59 Å². The van der Waals surface area contributed by atoms with Gasteiger partial charge < -0.3 is 4.42 Å². The zero-order chi connectivity index (χ0) is 17.6. The molecule has 1 heterocycles. The van der Waals surface area contributed by atoms with Crippen LogP contribution in [0.15, 0.2) is 64.2 Å². The molecule has 2 amide bonds. The second-order valence-corrected chi connectivity index (χ2v) is 6.20. The van der Waals surface area contributed by atoms with E-state index in [0.717, 1.165) is 22.9 Å². The van der Waals surface area contributed by atoms with E-state index in [1.807, 2.05) is 31.2 Å². The summed E-state index contributed by atoms with van der Waals surface area (Å²) in [6.45, 7) is 1.99. The fourth-order valence-corrected chi connectivity index (χ4v) is 2.60. The number of imide groups is 1. The topological polar surface area (TPSA) is 85.1 Å². The van der Waals surface area contributed by atoms with Gasteiger partial charge in [-0.25, -0.2) is 0 Å². The summed E-state index contributed by atoms with van der Waals surface area (Å²) in [5.41, 5.74) is 2.38. The molecule has 0 aliphatic carbocycles. The van der Waals surface area contributed by atoms with Crippen LogP contribution in [-0.2, 0) is 4.79 Å². The van der Waals surface area contributed by atoms with E-state index in [2.05, 4.69) is 15.5 Å². The number of aromatic nitrogens is 2. The first-order valence-corrected chi connectivity index (χ1v) is 8.53. The standard InChI is InChI=1S/C18H15N3O3S/c1-12-7-9-14(10-8-12)17-20-21-18(24-17)25-11-15(22)19-16(23)13-5-3-2-4-6-13/h2-10H,11H2,1H3,(H,19,22,23). The fraction of sp³-hybridized carbons (Fsp3) is 0.111. The van der Waals surface area contributed by atoms with Crippen molar-refractivity contribution in [2.24, 2.45) is 0 Å². The van der Waals surface area contributed by atoms with Gasteiger partial charge in [0.15, 0.2) is 0 Å². The highest BCUT2D eigenvalue weighted by Gasteiger charge is 2.13. The number of rotatable bonds is 5. The van der Waals surface area contributed by atoms with E-state index in [-0.39, 0.29) is 11.0 Å². The molecule has 0 spiro atoms. The molecule has 2 aromatic carbocycles. The molecule has 25 heavy (non-hydrogen) atoms. The Morgan fingerprint density at radius 1 is 1.04 bits per heavy atom. The maximum atomic E-state index is 11.9. The summed E-state index contributed by atoms with van der Waals surface area (Å²) in [4.78, 5) is 23.8. The smallest absolute Gasteiger partial charge is 0.277 e. The quantitative estimate of drug-likeness (QED) is 0.710. The first-order chi connectivity index (χ1) is 12.1. The summed E-state index contributed by atoms with van der Waals surface area (Å²) in [5.74, 6) is -0.456. The lowest BCUT2D eigenvalue weighted by Crippen LogP contribution is -2.31. The maximum absolute atomic E-state index is 11.9. The zero-order valence-electron chi connectivity index (χ0n) is 13.4. The van der Waals surface area contributed by atoms with E-state index < -0.39 is 11.8 Å². The van der Waals surface area contributed by atoms with Gasteiger partial charge >= 0.3 is 0 Å². The lowest BCUT2D eigenvalue weighted by molar-refractivity contribution is -0.117. The van der Waals surface area contributed by atoms with E-state index in [0.29, 0.717) is 11.5 Å². The molecule has 1 N–H and O–H groups in total. The molecule has 6 nitrogen and oxygen atoms in total. The minimum Gasteiger partial charge on any atom is -0.411 e. The highest BCUT2D eigenvalue weighted by Crippen LogP contribution is 2.23. The van der Waals surface area contributed by atoms with Gasteiger partial charge in [0.2, 0.25) is 11.8 Å². The number of carbonyl (C=O) groups is 2. The van der Waals surface area contributed by atoms with E-state index in [1.165, 1.54) is 0 Å². The summed E-state index contributed by atoms with van der Waals surface area (Å²) in [6.07, 6.45) is 0. The number of nitrogens with zero attached hydrogens (tertiary/aromatic N) is 2. The van der Waals surface area contributed by atoms with Crippen LogP contribution in [0.1, 0.15) is 15.9 Å². The number of thioether (sulfide) groups is 1. The number of aryl methyl sites for hydroxylation is 1. The SMILES string of the molecule is Cc1ccc(-c2nnc(SCC(=O)NC(=O)c3ccccc3)o2)cc1. The Kier molecular flexibility index (Phi) is 5.25. The van der Waals surface area contributed by atoms with Gasteiger partial charge in [-0.2, -0.15) is 0 Å². The monoisotopic (exact) mass is 353 g/mol. The van der Waals surface area contributed by atoms with Crippen molar-refractivity contribution in [1.29, 1.82) is 0 Å². The van der Waals surface area contributed by atoms with Crippen LogP contribution in [0.4, 0.5) is 0 Å². The minimum atomic E-state index is -0.433. The van der Waals surface area contributed by atoms with Gasteiger partial charge in [-0.1, -0.05) is 47.7 Å². The molecule has 1 aromatic heterocycles. The normalized spacial score (nSPS) is 10.4. The molecule has 0 aliphatic heterocycles. The number of benzene rings is 2. The number of carbonyl (C=O) groups excluding carboxylic acids is 2. The van der Waals surface area contributed by atoms with E-state index >= 15 is 0 Å². The second-order valence-electron chi connectivity index (χ2n) is 5.27. The highest BCUT2D eigenvalue weighted by atomic mass is 32.2. The molecule has 3 aromatic rings. The number of hydrogen-bond acceptors (Lipinski definition) is 6. The van der Waals surface area contributed by atoms with Crippen molar-refractivity contribution in [3.63, 3.8) is 0 Å². The number of hydrogen-bond donors (Lipinski definition) is 1. The first kappa shape index (κ1) is 16.9. The third-order valence-electron chi connectivity index (χ3n) is 3.32. The van der Waals surface area contributed by atoms with Crippen LogP contribution in [0.3, 0.4) is 0 Å². The molecular formula is C18H15N3O3S. The molecule has 3 rings (SSSR count). The van der Waals surface area contributed by atoms with Gasteiger partial charge in [-0.3, -0.25) is 14.9 Å². The van der Waals surface area contributed by atoms with Gasteiger partial charge in [0.25, 0.3) is 11.1 Å². The van der Waals surface area contributed by atoms with Gasteiger partial charge in [-0.05, 0) is 31.2 Å². The average Bonchev–Trinajstić information content (AvgIpc) is 3.10.